The van der Waals surface area contributed by atoms with E-state index in [1.54, 1.807) is 42.5 Å². The summed E-state index contributed by atoms with van der Waals surface area (Å²) in [5, 5.41) is 0.420. The third-order valence-corrected chi connectivity index (χ3v) is 4.40. The van der Waals surface area contributed by atoms with Gasteiger partial charge in [-0.1, -0.05) is 35.9 Å². The largest absolute Gasteiger partial charge is 0.491 e. The lowest BCUT2D eigenvalue weighted by Crippen LogP contribution is -2.00. The number of ketones is 2. The molecular formula is C18H12BrClO3. The molecule has 3 rings (SSSR count). The van der Waals surface area contributed by atoms with Crippen molar-refractivity contribution in [2.24, 2.45) is 0 Å². The van der Waals surface area contributed by atoms with Gasteiger partial charge >= 0.3 is 0 Å². The van der Waals surface area contributed by atoms with Crippen molar-refractivity contribution in [2.75, 3.05) is 6.61 Å². The zero-order chi connectivity index (χ0) is 16.6. The highest BCUT2D eigenvalue weighted by Gasteiger charge is 2.32. The summed E-state index contributed by atoms with van der Waals surface area (Å²) in [5.74, 6) is 0.0298. The summed E-state index contributed by atoms with van der Waals surface area (Å²) in [6.07, 6.45) is 1.57. The average molecular weight is 392 g/mol. The van der Waals surface area contributed by atoms with Gasteiger partial charge in [0.05, 0.1) is 21.7 Å². The van der Waals surface area contributed by atoms with Crippen molar-refractivity contribution in [1.29, 1.82) is 0 Å². The first-order valence-electron chi connectivity index (χ1n) is 7.05. The number of ether oxygens (including phenoxy) is 1. The number of halogens is 2. The molecule has 23 heavy (non-hydrogen) atoms. The molecule has 0 radical (unpaired) electrons. The van der Waals surface area contributed by atoms with Gasteiger partial charge in [0.1, 0.15) is 0 Å². The smallest absolute Gasteiger partial charge is 0.197 e. The van der Waals surface area contributed by atoms with Gasteiger partial charge in [-0.15, -0.1) is 0 Å². The van der Waals surface area contributed by atoms with Crippen molar-refractivity contribution >= 4 is 45.2 Å². The molecule has 0 unspecified atom stereocenters. The van der Waals surface area contributed by atoms with E-state index < -0.39 is 0 Å². The van der Waals surface area contributed by atoms with Gasteiger partial charge in [0.25, 0.3) is 0 Å². The minimum atomic E-state index is -0.258. The van der Waals surface area contributed by atoms with Gasteiger partial charge in [-0.25, -0.2) is 0 Å². The van der Waals surface area contributed by atoms with E-state index in [1.807, 2.05) is 6.92 Å². The number of fused-ring (bicyclic) bond motifs is 1. The first-order chi connectivity index (χ1) is 11.0. The van der Waals surface area contributed by atoms with E-state index in [2.05, 4.69) is 15.9 Å². The molecule has 1 aliphatic carbocycles. The second-order valence-corrected chi connectivity index (χ2v) is 6.27. The van der Waals surface area contributed by atoms with E-state index in [1.165, 1.54) is 0 Å². The van der Waals surface area contributed by atoms with Gasteiger partial charge in [0.2, 0.25) is 0 Å². The molecule has 0 spiro atoms. The fourth-order valence-corrected chi connectivity index (χ4v) is 3.50. The van der Waals surface area contributed by atoms with E-state index >= 15 is 0 Å². The lowest BCUT2D eigenvalue weighted by molar-refractivity contribution is 0.0990. The van der Waals surface area contributed by atoms with Crippen molar-refractivity contribution in [3.05, 3.63) is 68.2 Å². The van der Waals surface area contributed by atoms with Crippen LogP contribution in [0.2, 0.25) is 5.02 Å². The summed E-state index contributed by atoms with van der Waals surface area (Å²) in [4.78, 5) is 24.8. The van der Waals surface area contributed by atoms with Gasteiger partial charge in [-0.2, -0.15) is 0 Å². The SMILES string of the molecule is CCOc1c(Cl)cc(C=C2C(=O)c3ccccc3C2=O)cc1Br. The van der Waals surface area contributed by atoms with Crippen LogP contribution in [0.25, 0.3) is 6.08 Å². The number of carbonyl (C=O) groups excluding carboxylic acids is 2. The molecule has 0 aliphatic heterocycles. The molecule has 0 amide bonds. The Balaban J connectivity index is 2.04. The Hall–Kier alpha value is -1.91. The minimum absolute atomic E-state index is 0.151. The Kier molecular flexibility index (Phi) is 4.37. The predicted molar refractivity (Wildman–Crippen MR) is 93.4 cm³/mol. The molecule has 2 aromatic rings. The molecule has 3 nitrogen and oxygen atoms in total. The maximum atomic E-state index is 12.4. The number of hydrogen-bond donors (Lipinski definition) is 0. The third-order valence-electron chi connectivity index (χ3n) is 3.53. The van der Waals surface area contributed by atoms with Crippen molar-refractivity contribution in [1.82, 2.24) is 0 Å². The Bertz CT molecular complexity index is 795. The summed E-state index contributed by atoms with van der Waals surface area (Å²) < 4.78 is 6.13. The summed E-state index contributed by atoms with van der Waals surface area (Å²) in [5.41, 5.74) is 1.70. The molecule has 2 aromatic carbocycles. The Morgan fingerprint density at radius 2 is 1.74 bits per heavy atom. The van der Waals surface area contributed by atoms with Crippen LogP contribution in [0.15, 0.2) is 46.4 Å². The average Bonchev–Trinajstić information content (AvgIpc) is 2.77. The summed E-state index contributed by atoms with van der Waals surface area (Å²) in [7, 11) is 0. The van der Waals surface area contributed by atoms with Gasteiger partial charge in [-0.3, -0.25) is 9.59 Å². The van der Waals surface area contributed by atoms with E-state index in [9.17, 15) is 9.59 Å². The summed E-state index contributed by atoms with van der Waals surface area (Å²) >= 11 is 9.61. The first kappa shape index (κ1) is 16.0. The van der Waals surface area contributed by atoms with Crippen LogP contribution in [0.5, 0.6) is 5.75 Å². The van der Waals surface area contributed by atoms with Crippen molar-refractivity contribution in [3.63, 3.8) is 0 Å². The number of hydrogen-bond acceptors (Lipinski definition) is 3. The van der Waals surface area contributed by atoms with Crippen LogP contribution >= 0.6 is 27.5 Å². The number of benzene rings is 2. The van der Waals surface area contributed by atoms with E-state index in [-0.39, 0.29) is 17.1 Å². The first-order valence-corrected chi connectivity index (χ1v) is 8.22. The molecule has 0 saturated heterocycles. The van der Waals surface area contributed by atoms with Gasteiger partial charge < -0.3 is 4.74 Å². The fraction of sp³-hybridized carbons (Fsp3) is 0.111. The van der Waals surface area contributed by atoms with Crippen molar-refractivity contribution in [2.45, 2.75) is 6.92 Å². The summed E-state index contributed by atoms with van der Waals surface area (Å²) in [6, 6.07) is 10.3. The minimum Gasteiger partial charge on any atom is -0.491 e. The van der Waals surface area contributed by atoms with E-state index in [4.69, 9.17) is 16.3 Å². The molecular weight excluding hydrogens is 380 g/mol. The maximum absolute atomic E-state index is 12.4. The highest BCUT2D eigenvalue weighted by molar-refractivity contribution is 9.10. The topological polar surface area (TPSA) is 43.4 Å². The van der Waals surface area contributed by atoms with E-state index in [0.29, 0.717) is 38.5 Å². The van der Waals surface area contributed by atoms with Crippen LogP contribution in [0.4, 0.5) is 0 Å². The normalized spacial score (nSPS) is 13.3. The van der Waals surface area contributed by atoms with Crippen LogP contribution < -0.4 is 4.74 Å². The Morgan fingerprint density at radius 1 is 1.13 bits per heavy atom. The summed E-state index contributed by atoms with van der Waals surface area (Å²) in [6.45, 7) is 2.36. The molecule has 0 fully saturated rings. The molecule has 5 heteroatoms. The highest BCUT2D eigenvalue weighted by atomic mass is 79.9. The second kappa shape index (κ2) is 6.30. The lowest BCUT2D eigenvalue weighted by Gasteiger charge is -2.09. The number of carbonyl (C=O) groups is 2. The van der Waals surface area contributed by atoms with Crippen LogP contribution in [0.3, 0.4) is 0 Å². The van der Waals surface area contributed by atoms with Crippen LogP contribution in [-0.4, -0.2) is 18.2 Å². The molecule has 0 N–H and O–H groups in total. The van der Waals surface area contributed by atoms with E-state index in [0.717, 1.165) is 0 Å². The Labute approximate surface area is 147 Å². The second-order valence-electron chi connectivity index (χ2n) is 5.01. The zero-order valence-electron chi connectivity index (χ0n) is 12.2. The number of rotatable bonds is 3. The van der Waals surface area contributed by atoms with Crippen LogP contribution in [-0.2, 0) is 0 Å². The number of Topliss-reactive ketones (excluding diaryl/α,β-unsaturated/α-hetero) is 2. The van der Waals surface area contributed by atoms with Gasteiger partial charge in [0.15, 0.2) is 17.3 Å². The third kappa shape index (κ3) is 2.84. The molecule has 0 heterocycles. The van der Waals surface area contributed by atoms with Gasteiger partial charge in [-0.05, 0) is 46.6 Å². The fourth-order valence-electron chi connectivity index (χ4n) is 2.52. The quantitative estimate of drug-likeness (QED) is 0.548. The maximum Gasteiger partial charge on any atom is 0.197 e. The van der Waals surface area contributed by atoms with Crippen molar-refractivity contribution in [3.8, 4) is 5.75 Å². The molecule has 0 aromatic heterocycles. The lowest BCUT2D eigenvalue weighted by atomic mass is 10.1. The molecule has 116 valence electrons. The molecule has 1 aliphatic rings. The van der Waals surface area contributed by atoms with Crippen LogP contribution in [0, 0.1) is 0 Å². The zero-order valence-corrected chi connectivity index (χ0v) is 14.6. The Morgan fingerprint density at radius 3 is 2.26 bits per heavy atom. The molecule has 0 saturated carbocycles. The standard InChI is InChI=1S/C18H12BrClO3/c1-2-23-18-14(19)8-10(9-15(18)20)7-13-16(21)11-5-3-4-6-12(11)17(13)22/h3-9H,2H2,1H3. The predicted octanol–water partition coefficient (Wildman–Crippen LogP) is 4.96. The molecule has 0 atom stereocenters. The van der Waals surface area contributed by atoms with Crippen LogP contribution in [0.1, 0.15) is 33.2 Å². The molecule has 0 bridgehead atoms. The highest BCUT2D eigenvalue weighted by Crippen LogP contribution is 2.36. The van der Waals surface area contributed by atoms with Gasteiger partial charge in [0, 0.05) is 11.1 Å². The monoisotopic (exact) mass is 390 g/mol. The number of allylic oxidation sites excluding steroid dienone is 1. The van der Waals surface area contributed by atoms with Crippen molar-refractivity contribution < 1.29 is 14.3 Å².